The molecule has 0 aromatic heterocycles. The summed E-state index contributed by atoms with van der Waals surface area (Å²) in [6.07, 6.45) is 0.297. The zero-order valence-corrected chi connectivity index (χ0v) is 27.9. The van der Waals surface area contributed by atoms with Crippen LogP contribution >= 0.6 is 0 Å². The lowest BCUT2D eigenvalue weighted by Gasteiger charge is -2.37. The summed E-state index contributed by atoms with van der Waals surface area (Å²) in [7, 11) is -4.51. The summed E-state index contributed by atoms with van der Waals surface area (Å²) in [4.78, 5) is 36.6. The maximum Gasteiger partial charge on any atom is 0.336 e. The van der Waals surface area contributed by atoms with E-state index in [1.54, 1.807) is 65.0 Å². The average molecular weight is 659 g/mol. The maximum absolute atomic E-state index is 14.0. The lowest BCUT2D eigenvalue weighted by atomic mass is 9.98. The minimum atomic E-state index is -4.51. The van der Waals surface area contributed by atoms with Gasteiger partial charge >= 0.3 is 11.9 Å². The predicted octanol–water partition coefficient (Wildman–Crippen LogP) is 4.90. The number of carbonyl (C=O) groups is 3. The van der Waals surface area contributed by atoms with Crippen molar-refractivity contribution in [1.82, 2.24) is 4.72 Å². The van der Waals surface area contributed by atoms with Crippen LogP contribution in [0.4, 0.5) is 5.69 Å². The molecule has 13 heteroatoms. The molecule has 3 aromatic rings. The van der Waals surface area contributed by atoms with Crippen molar-refractivity contribution in [3.05, 3.63) is 65.7 Å². The number of rotatable bonds is 15. The second kappa shape index (κ2) is 15.0. The highest BCUT2D eigenvalue weighted by atomic mass is 32.2. The van der Waals surface area contributed by atoms with Crippen molar-refractivity contribution in [2.45, 2.75) is 77.2 Å². The molecule has 0 saturated heterocycles. The monoisotopic (exact) mass is 658 g/mol. The smallest absolute Gasteiger partial charge is 0.336 e. The van der Waals surface area contributed by atoms with Gasteiger partial charge in [-0.15, -0.1) is 0 Å². The number of fused-ring (bicyclic) bond motifs is 1. The molecule has 0 bridgehead atoms. The van der Waals surface area contributed by atoms with E-state index in [1.807, 2.05) is 0 Å². The number of aromatic carboxylic acids is 1. The molecular weight excluding hydrogens is 616 g/mol. The van der Waals surface area contributed by atoms with Crippen molar-refractivity contribution in [1.29, 1.82) is 0 Å². The molecule has 250 valence electrons. The number of amides is 1. The van der Waals surface area contributed by atoms with E-state index in [9.17, 15) is 27.9 Å². The fraction of sp³-hybridized carbons (Fsp3) is 0.424. The molecule has 0 fully saturated rings. The molecule has 12 nitrogen and oxygen atoms in total. The van der Waals surface area contributed by atoms with Crippen LogP contribution in [0.3, 0.4) is 0 Å². The van der Waals surface area contributed by atoms with Crippen LogP contribution in [0.1, 0.15) is 64.4 Å². The van der Waals surface area contributed by atoms with E-state index < -0.39 is 39.4 Å². The zero-order valence-electron chi connectivity index (χ0n) is 27.1. The molecule has 3 rings (SSSR count). The Hall–Kier alpha value is -4.04. The number of esters is 1. The number of ether oxygens (including phenoxy) is 4. The normalized spacial score (nSPS) is 12.8. The zero-order chi connectivity index (χ0) is 34.3. The quantitative estimate of drug-likeness (QED) is 0.151. The molecule has 0 aliphatic carbocycles. The largest absolute Gasteiger partial charge is 0.492 e. The first kappa shape index (κ1) is 36.4. The van der Waals surface area contributed by atoms with Crippen LogP contribution < -0.4 is 14.8 Å². The SMILES string of the molecule is CCOC(C)(OCC)C(NS(=O)(=O)c1ccc(NC(C)=O)cc1OCCc1ccc(C(=O)O)c2ccccc12)C(=O)OC(C)(C)C. The molecule has 1 unspecified atom stereocenters. The van der Waals surface area contributed by atoms with Crippen molar-refractivity contribution in [2.24, 2.45) is 0 Å². The lowest BCUT2D eigenvalue weighted by molar-refractivity contribution is -0.240. The number of carboxylic acid groups (broad SMARTS) is 1. The highest BCUT2D eigenvalue weighted by molar-refractivity contribution is 7.89. The molecule has 1 amide bonds. The van der Waals surface area contributed by atoms with Crippen molar-refractivity contribution in [3.63, 3.8) is 0 Å². The van der Waals surface area contributed by atoms with Gasteiger partial charge < -0.3 is 29.4 Å². The Kier molecular flexibility index (Phi) is 11.9. The first-order valence-electron chi connectivity index (χ1n) is 14.8. The topological polar surface area (TPSA) is 167 Å². The number of carboxylic acids is 1. The van der Waals surface area contributed by atoms with Gasteiger partial charge in [-0.25, -0.2) is 13.2 Å². The van der Waals surface area contributed by atoms with Crippen LogP contribution in [0.15, 0.2) is 59.5 Å². The molecule has 3 N–H and O–H groups in total. The fourth-order valence-corrected chi connectivity index (χ4v) is 6.27. The van der Waals surface area contributed by atoms with Gasteiger partial charge in [-0.05, 0) is 76.1 Å². The summed E-state index contributed by atoms with van der Waals surface area (Å²) in [6, 6.07) is 12.7. The molecule has 0 spiro atoms. The van der Waals surface area contributed by atoms with Crippen LogP contribution in [0.5, 0.6) is 5.75 Å². The number of hydrogen-bond donors (Lipinski definition) is 3. The number of anilines is 1. The minimum absolute atomic E-state index is 0.00639. The van der Waals surface area contributed by atoms with Crippen molar-refractivity contribution in [3.8, 4) is 5.75 Å². The Balaban J connectivity index is 2.01. The van der Waals surface area contributed by atoms with Gasteiger partial charge in [0.05, 0.1) is 12.2 Å². The number of carbonyl (C=O) groups excluding carboxylic acids is 2. The molecule has 0 aliphatic heterocycles. The van der Waals surface area contributed by atoms with Gasteiger partial charge in [-0.1, -0.05) is 30.3 Å². The standard InChI is InChI=1S/C33H42N2O10S/c1-8-43-33(7,44-9-2)29(31(39)45-32(4,5)6)35-46(40,41)28-17-15-23(34-21(3)36)20-27(28)42-19-18-22-14-16-26(30(37)38)25-13-11-10-12-24(22)25/h10-17,20,29,35H,8-9,18-19H2,1-7H3,(H,34,36)(H,37,38). The molecule has 0 heterocycles. The molecular formula is C33H42N2O10S. The van der Waals surface area contributed by atoms with E-state index in [-0.39, 0.29) is 47.6 Å². The minimum Gasteiger partial charge on any atom is -0.492 e. The van der Waals surface area contributed by atoms with Gasteiger partial charge in [0.2, 0.25) is 15.9 Å². The second-order valence-electron chi connectivity index (χ2n) is 11.5. The van der Waals surface area contributed by atoms with Crippen LogP contribution in [0, 0.1) is 0 Å². The van der Waals surface area contributed by atoms with E-state index in [0.29, 0.717) is 11.8 Å². The highest BCUT2D eigenvalue weighted by Crippen LogP contribution is 2.31. The second-order valence-corrected chi connectivity index (χ2v) is 13.2. The Bertz CT molecular complexity index is 1680. The van der Waals surface area contributed by atoms with Crippen LogP contribution in [0.25, 0.3) is 10.8 Å². The van der Waals surface area contributed by atoms with E-state index in [1.165, 1.54) is 38.1 Å². The summed E-state index contributed by atoms with van der Waals surface area (Å²) in [5.74, 6) is -4.15. The third-order valence-electron chi connectivity index (χ3n) is 6.73. The summed E-state index contributed by atoms with van der Waals surface area (Å²) >= 11 is 0. The van der Waals surface area contributed by atoms with Gasteiger partial charge in [0.1, 0.15) is 16.2 Å². The van der Waals surface area contributed by atoms with E-state index in [0.717, 1.165) is 10.9 Å². The van der Waals surface area contributed by atoms with Gasteiger partial charge in [0, 0.05) is 38.3 Å². The van der Waals surface area contributed by atoms with Gasteiger partial charge in [-0.2, -0.15) is 4.72 Å². The highest BCUT2D eigenvalue weighted by Gasteiger charge is 2.46. The fourth-order valence-electron chi connectivity index (χ4n) is 4.89. The van der Waals surface area contributed by atoms with Crippen LogP contribution in [0.2, 0.25) is 0 Å². The van der Waals surface area contributed by atoms with Crippen molar-refractivity contribution in [2.75, 3.05) is 25.1 Å². The maximum atomic E-state index is 14.0. The number of sulfonamides is 1. The van der Waals surface area contributed by atoms with Gasteiger partial charge in [-0.3, -0.25) is 9.59 Å². The number of nitrogens with one attached hydrogen (secondary N) is 2. The molecule has 1 atom stereocenters. The van der Waals surface area contributed by atoms with Gasteiger partial charge in [0.15, 0.2) is 11.8 Å². The summed E-state index contributed by atoms with van der Waals surface area (Å²) < 4.78 is 53.4. The summed E-state index contributed by atoms with van der Waals surface area (Å²) in [5, 5.41) is 13.5. The Morgan fingerprint density at radius 2 is 1.54 bits per heavy atom. The van der Waals surface area contributed by atoms with E-state index in [4.69, 9.17) is 18.9 Å². The van der Waals surface area contributed by atoms with Crippen molar-refractivity contribution < 1.29 is 46.9 Å². The Morgan fingerprint density at radius 1 is 0.913 bits per heavy atom. The Morgan fingerprint density at radius 3 is 2.11 bits per heavy atom. The third-order valence-corrected chi connectivity index (χ3v) is 8.19. The lowest BCUT2D eigenvalue weighted by Crippen LogP contribution is -2.59. The molecule has 3 aromatic carbocycles. The first-order chi connectivity index (χ1) is 21.5. The van der Waals surface area contributed by atoms with Crippen LogP contribution in [-0.2, 0) is 40.2 Å². The van der Waals surface area contributed by atoms with E-state index in [2.05, 4.69) is 10.0 Å². The Labute approximate surface area is 269 Å². The summed E-state index contributed by atoms with van der Waals surface area (Å²) in [6.45, 7) is 11.3. The molecule has 0 radical (unpaired) electrons. The van der Waals surface area contributed by atoms with E-state index >= 15 is 0 Å². The predicted molar refractivity (Wildman–Crippen MR) is 172 cm³/mol. The van der Waals surface area contributed by atoms with Gasteiger partial charge in [0.25, 0.3) is 0 Å². The summed E-state index contributed by atoms with van der Waals surface area (Å²) in [5.41, 5.74) is 0.292. The van der Waals surface area contributed by atoms with Crippen LogP contribution in [-0.4, -0.2) is 68.6 Å². The number of benzene rings is 3. The molecule has 0 saturated carbocycles. The average Bonchev–Trinajstić information content (AvgIpc) is 2.95. The molecule has 0 aliphatic rings. The number of hydrogen-bond acceptors (Lipinski definition) is 9. The molecule has 46 heavy (non-hydrogen) atoms. The van der Waals surface area contributed by atoms with Crippen molar-refractivity contribution >= 4 is 44.3 Å². The first-order valence-corrected chi connectivity index (χ1v) is 16.3. The third kappa shape index (κ3) is 9.25.